The van der Waals surface area contributed by atoms with Gasteiger partial charge in [-0.15, -0.1) is 5.10 Å². The zero-order valence-corrected chi connectivity index (χ0v) is 19.1. The fourth-order valence-electron chi connectivity index (χ4n) is 5.51. The molecule has 3 aromatic rings. The number of ether oxygens (including phenoxy) is 1. The maximum atomic E-state index is 5.79. The summed E-state index contributed by atoms with van der Waals surface area (Å²) < 4.78 is 7.77. The molecule has 7 heteroatoms. The highest BCUT2D eigenvalue weighted by Gasteiger charge is 2.33. The molecule has 6 rings (SSSR count). The summed E-state index contributed by atoms with van der Waals surface area (Å²) in [5.41, 5.74) is 3.77. The Hall–Kier alpha value is -2.77. The predicted octanol–water partition coefficient (Wildman–Crippen LogP) is 3.31. The van der Waals surface area contributed by atoms with Crippen LogP contribution in [0.5, 0.6) is 5.75 Å². The molecule has 0 amide bonds. The number of tetrazole rings is 1. The Kier molecular flexibility index (Phi) is 5.82. The number of benzene rings is 2. The van der Waals surface area contributed by atoms with E-state index in [4.69, 9.17) is 4.74 Å². The summed E-state index contributed by atoms with van der Waals surface area (Å²) >= 11 is 0. The minimum absolute atomic E-state index is 0.0379. The molecule has 3 heterocycles. The molecule has 7 nitrogen and oxygen atoms in total. The first-order chi connectivity index (χ1) is 16.3. The van der Waals surface area contributed by atoms with Gasteiger partial charge in [-0.25, -0.2) is 4.68 Å². The normalized spacial score (nSPS) is 20.6. The van der Waals surface area contributed by atoms with Crippen molar-refractivity contribution in [2.45, 2.75) is 50.7 Å². The van der Waals surface area contributed by atoms with E-state index in [1.54, 1.807) is 0 Å². The fraction of sp³-hybridized carbons (Fsp3) is 0.500. The third-order valence-corrected chi connectivity index (χ3v) is 7.53. The van der Waals surface area contributed by atoms with Crippen LogP contribution in [0, 0.1) is 0 Å². The molecule has 1 aromatic heterocycles. The summed E-state index contributed by atoms with van der Waals surface area (Å²) in [5.74, 6) is 1.95. The van der Waals surface area contributed by atoms with Gasteiger partial charge >= 0.3 is 0 Å². The van der Waals surface area contributed by atoms with E-state index in [2.05, 4.69) is 67.8 Å². The average molecular weight is 445 g/mol. The van der Waals surface area contributed by atoms with Gasteiger partial charge < -0.3 is 4.74 Å². The van der Waals surface area contributed by atoms with Crippen molar-refractivity contribution < 1.29 is 4.74 Å². The van der Waals surface area contributed by atoms with Crippen LogP contribution in [0.25, 0.3) is 0 Å². The lowest BCUT2D eigenvalue weighted by molar-refractivity contribution is 0.127. The van der Waals surface area contributed by atoms with Gasteiger partial charge in [0.25, 0.3) is 0 Å². The topological polar surface area (TPSA) is 59.3 Å². The van der Waals surface area contributed by atoms with Gasteiger partial charge in [0, 0.05) is 32.1 Å². The second-order valence-corrected chi connectivity index (χ2v) is 9.56. The predicted molar refractivity (Wildman–Crippen MR) is 126 cm³/mol. The van der Waals surface area contributed by atoms with Gasteiger partial charge in [0.05, 0.1) is 19.2 Å². The highest BCUT2D eigenvalue weighted by atomic mass is 16.5. The largest absolute Gasteiger partial charge is 0.493 e. The van der Waals surface area contributed by atoms with Crippen LogP contribution in [-0.2, 0) is 13.0 Å². The van der Waals surface area contributed by atoms with Crippen molar-refractivity contribution >= 4 is 0 Å². The van der Waals surface area contributed by atoms with Gasteiger partial charge in [0.1, 0.15) is 5.75 Å². The summed E-state index contributed by atoms with van der Waals surface area (Å²) in [7, 11) is 0. The molecule has 33 heavy (non-hydrogen) atoms. The van der Waals surface area contributed by atoms with Gasteiger partial charge in [-0.3, -0.25) is 9.80 Å². The van der Waals surface area contributed by atoms with Crippen molar-refractivity contribution in [3.63, 3.8) is 0 Å². The number of fused-ring (bicyclic) bond motifs is 1. The molecule has 3 aliphatic rings. The van der Waals surface area contributed by atoms with Crippen LogP contribution in [0.3, 0.4) is 0 Å². The molecular weight excluding hydrogens is 412 g/mol. The van der Waals surface area contributed by atoms with Crippen LogP contribution in [-0.4, -0.2) is 68.8 Å². The van der Waals surface area contributed by atoms with Crippen molar-refractivity contribution in [3.8, 4) is 5.75 Å². The van der Waals surface area contributed by atoms with E-state index in [1.807, 2.05) is 10.7 Å². The highest BCUT2D eigenvalue weighted by molar-refractivity contribution is 5.42. The van der Waals surface area contributed by atoms with Crippen LogP contribution >= 0.6 is 0 Å². The third kappa shape index (κ3) is 4.27. The molecule has 1 saturated carbocycles. The SMILES string of the molecule is c1ccc(Cn2nnnc2C(c2ccc3c(c2)CCO3)N2CCCN(C3CCC3)CC2)cc1. The van der Waals surface area contributed by atoms with Gasteiger partial charge in [0.15, 0.2) is 5.82 Å². The maximum Gasteiger partial charge on any atom is 0.173 e. The molecule has 0 bridgehead atoms. The third-order valence-electron chi connectivity index (χ3n) is 7.53. The van der Waals surface area contributed by atoms with Gasteiger partial charge in [-0.1, -0.05) is 42.8 Å². The van der Waals surface area contributed by atoms with E-state index in [-0.39, 0.29) is 6.04 Å². The molecule has 1 aliphatic carbocycles. The first-order valence-electron chi connectivity index (χ1n) is 12.4. The fourth-order valence-corrected chi connectivity index (χ4v) is 5.51. The smallest absolute Gasteiger partial charge is 0.173 e. The molecule has 0 N–H and O–H groups in total. The van der Waals surface area contributed by atoms with E-state index < -0.39 is 0 Å². The Morgan fingerprint density at radius 3 is 2.73 bits per heavy atom. The van der Waals surface area contributed by atoms with Gasteiger partial charge in [-0.2, -0.15) is 0 Å². The lowest BCUT2D eigenvalue weighted by Crippen LogP contribution is -2.42. The van der Waals surface area contributed by atoms with Crippen LogP contribution in [0.2, 0.25) is 0 Å². The standard InChI is InChI=1S/C26H32N6O/c1-2-6-20(7-3-1)19-32-26(27-28-29-32)25(22-10-11-24-21(18-22)12-17-33-24)31-14-5-13-30(15-16-31)23-8-4-9-23/h1-3,6-7,10-11,18,23,25H,4-5,8-9,12-17,19H2. The summed E-state index contributed by atoms with van der Waals surface area (Å²) in [5, 5.41) is 13.1. The molecule has 2 fully saturated rings. The molecule has 2 aliphatic heterocycles. The average Bonchev–Trinajstić information content (AvgIpc) is 3.39. The van der Waals surface area contributed by atoms with Gasteiger partial charge in [0.2, 0.25) is 0 Å². The van der Waals surface area contributed by atoms with Crippen molar-refractivity contribution in [2.24, 2.45) is 0 Å². The summed E-state index contributed by atoms with van der Waals surface area (Å²) in [6.45, 7) is 5.86. The molecule has 1 atom stereocenters. The maximum absolute atomic E-state index is 5.79. The monoisotopic (exact) mass is 444 g/mol. The first kappa shape index (κ1) is 20.8. The Morgan fingerprint density at radius 1 is 0.970 bits per heavy atom. The molecule has 1 saturated heterocycles. The quantitative estimate of drug-likeness (QED) is 0.581. The highest BCUT2D eigenvalue weighted by Crippen LogP contribution is 2.34. The summed E-state index contributed by atoms with van der Waals surface area (Å²) in [6, 6.07) is 18.0. The van der Waals surface area contributed by atoms with E-state index in [9.17, 15) is 0 Å². The van der Waals surface area contributed by atoms with E-state index in [1.165, 1.54) is 48.9 Å². The number of aromatic nitrogens is 4. The van der Waals surface area contributed by atoms with Gasteiger partial charge in [-0.05, 0) is 65.1 Å². The minimum Gasteiger partial charge on any atom is -0.493 e. The van der Waals surface area contributed by atoms with Crippen LogP contribution in [0.1, 0.15) is 54.2 Å². The number of hydrogen-bond donors (Lipinski definition) is 0. The first-order valence-corrected chi connectivity index (χ1v) is 12.4. The molecule has 172 valence electrons. The van der Waals surface area contributed by atoms with Crippen molar-refractivity contribution in [2.75, 3.05) is 32.8 Å². The summed E-state index contributed by atoms with van der Waals surface area (Å²) in [6.07, 6.45) is 6.27. The molecule has 2 aromatic carbocycles. The molecule has 0 spiro atoms. The lowest BCUT2D eigenvalue weighted by Gasteiger charge is -2.37. The molecule has 0 radical (unpaired) electrons. The lowest BCUT2D eigenvalue weighted by atomic mass is 9.91. The Balaban J connectivity index is 1.33. The van der Waals surface area contributed by atoms with Crippen molar-refractivity contribution in [1.29, 1.82) is 0 Å². The van der Waals surface area contributed by atoms with E-state index >= 15 is 0 Å². The Morgan fingerprint density at radius 2 is 1.88 bits per heavy atom. The Labute approximate surface area is 195 Å². The molecular formula is C26H32N6O. The number of rotatable bonds is 6. The Bertz CT molecular complexity index is 1080. The second kappa shape index (κ2) is 9.23. The zero-order chi connectivity index (χ0) is 22.0. The van der Waals surface area contributed by atoms with Crippen molar-refractivity contribution in [3.05, 3.63) is 71.0 Å². The zero-order valence-electron chi connectivity index (χ0n) is 19.1. The number of hydrogen-bond acceptors (Lipinski definition) is 6. The second-order valence-electron chi connectivity index (χ2n) is 9.56. The van der Waals surface area contributed by atoms with Crippen molar-refractivity contribution in [1.82, 2.24) is 30.0 Å². The van der Waals surface area contributed by atoms with E-state index in [0.29, 0.717) is 6.54 Å². The van der Waals surface area contributed by atoms with Crippen LogP contribution in [0.4, 0.5) is 0 Å². The van der Waals surface area contributed by atoms with Crippen LogP contribution < -0.4 is 4.74 Å². The van der Waals surface area contributed by atoms with Crippen LogP contribution in [0.15, 0.2) is 48.5 Å². The summed E-state index contributed by atoms with van der Waals surface area (Å²) in [4.78, 5) is 5.31. The molecule has 1 unspecified atom stereocenters. The minimum atomic E-state index is 0.0379. The number of nitrogens with zero attached hydrogens (tertiary/aromatic N) is 6. The van der Waals surface area contributed by atoms with E-state index in [0.717, 1.165) is 50.3 Å².